The number of aryl methyl sites for hydroxylation is 1. The number of hydrogen-bond donors (Lipinski definition) is 2. The van der Waals surface area contributed by atoms with Gasteiger partial charge in [0.1, 0.15) is 5.71 Å². The number of hydrogen-bond acceptors (Lipinski definition) is 2. The molecule has 1 aromatic rings. The molecule has 3 rings (SSSR count). The van der Waals surface area contributed by atoms with Gasteiger partial charge in [-0.15, -0.1) is 0 Å². The molecule has 2 aliphatic rings. The van der Waals surface area contributed by atoms with E-state index in [-0.39, 0.29) is 18.7 Å². The third-order valence-corrected chi connectivity index (χ3v) is 4.48. The van der Waals surface area contributed by atoms with E-state index < -0.39 is 6.97 Å². The molecule has 0 spiro atoms. The van der Waals surface area contributed by atoms with E-state index in [0.29, 0.717) is 35.9 Å². The quantitative estimate of drug-likeness (QED) is 0.802. The molecule has 0 saturated heterocycles. The molecule has 1 amide bonds. The number of allylic oxidation sites excluding steroid dienone is 2. The van der Waals surface area contributed by atoms with Gasteiger partial charge in [-0.05, 0) is 31.2 Å². The van der Waals surface area contributed by atoms with E-state index in [9.17, 15) is 4.79 Å². The van der Waals surface area contributed by atoms with Gasteiger partial charge in [-0.3, -0.25) is 4.79 Å². The van der Waals surface area contributed by atoms with Crippen LogP contribution in [0.25, 0.3) is 6.08 Å². The Hall–Kier alpha value is -2.22. The lowest BCUT2D eigenvalue weighted by atomic mass is 9.89. The molecule has 2 aliphatic heterocycles. The first kappa shape index (κ1) is 16.6. The number of carbonyl (C=O) groups is 1. The van der Waals surface area contributed by atoms with Gasteiger partial charge in [0.05, 0.1) is 0 Å². The number of fused-ring (bicyclic) bond motifs is 2. The summed E-state index contributed by atoms with van der Waals surface area (Å²) in [5.74, 6) is -0.180. The lowest BCUT2D eigenvalue weighted by Gasteiger charge is -2.31. The molecule has 3 heterocycles. The van der Waals surface area contributed by atoms with Gasteiger partial charge < -0.3 is 28.6 Å². The first-order valence-corrected chi connectivity index (χ1v) is 8.09. The van der Waals surface area contributed by atoms with Crippen LogP contribution in [0.4, 0.5) is 8.63 Å². The van der Waals surface area contributed by atoms with Crippen molar-refractivity contribution in [2.24, 2.45) is 5.73 Å². The molecule has 8 heteroatoms. The van der Waals surface area contributed by atoms with Crippen LogP contribution in [0.15, 0.2) is 29.5 Å². The molecule has 0 aromatic carbocycles. The molecular formula is C16H21BF2N4O. The fourth-order valence-electron chi connectivity index (χ4n) is 3.44. The highest BCUT2D eigenvalue weighted by Gasteiger charge is 2.52. The maximum absolute atomic E-state index is 15.1. The summed E-state index contributed by atoms with van der Waals surface area (Å²) >= 11 is 0. The van der Waals surface area contributed by atoms with E-state index >= 15 is 8.63 Å². The van der Waals surface area contributed by atoms with Crippen molar-refractivity contribution in [1.82, 2.24) is 9.79 Å². The van der Waals surface area contributed by atoms with Crippen LogP contribution >= 0.6 is 0 Å². The number of aromatic nitrogens is 1. The third-order valence-electron chi connectivity index (χ3n) is 4.48. The van der Waals surface area contributed by atoms with Crippen molar-refractivity contribution in [3.8, 4) is 0 Å². The predicted octanol–water partition coefficient (Wildman–Crippen LogP) is 1.51. The van der Waals surface area contributed by atoms with Crippen molar-refractivity contribution < 1.29 is 17.9 Å². The molecule has 24 heavy (non-hydrogen) atoms. The van der Waals surface area contributed by atoms with Gasteiger partial charge in [-0.2, -0.15) is 0 Å². The number of amides is 1. The zero-order chi connectivity index (χ0) is 17.5. The minimum atomic E-state index is -3.96. The second kappa shape index (κ2) is 6.01. The largest absolute Gasteiger partial charge is 0.737 e. The Labute approximate surface area is 139 Å². The van der Waals surface area contributed by atoms with Gasteiger partial charge >= 0.3 is 6.97 Å². The van der Waals surface area contributed by atoms with E-state index in [2.05, 4.69) is 5.32 Å². The monoisotopic (exact) mass is 334 g/mol. The van der Waals surface area contributed by atoms with Gasteiger partial charge in [0, 0.05) is 49.9 Å². The van der Waals surface area contributed by atoms with E-state index in [1.807, 2.05) is 6.92 Å². The smallest absolute Gasteiger partial charge is 0.394 e. The second-order valence-electron chi connectivity index (χ2n) is 6.21. The van der Waals surface area contributed by atoms with Crippen LogP contribution in [0.1, 0.15) is 31.7 Å². The van der Waals surface area contributed by atoms with E-state index in [1.165, 1.54) is 0 Å². The number of nitrogens with zero attached hydrogens (tertiary/aromatic N) is 2. The molecule has 128 valence electrons. The molecule has 0 atom stereocenters. The molecule has 0 fully saturated rings. The second-order valence-corrected chi connectivity index (χ2v) is 6.21. The van der Waals surface area contributed by atoms with Crippen LogP contribution in [0.3, 0.4) is 0 Å². The first-order valence-electron chi connectivity index (χ1n) is 8.09. The van der Waals surface area contributed by atoms with Crippen LogP contribution in [-0.2, 0) is 11.2 Å². The SMILES string of the molecule is CC1=CC(C)=[N+]2C1=Cc1ccc(CCC(=O)NCCN)n1[B-]2(F)F. The van der Waals surface area contributed by atoms with Crippen molar-refractivity contribution in [2.75, 3.05) is 13.1 Å². The standard InChI is InChI=1S/C16H21BF2N4O/c1-11-9-12(2)22-15(11)10-14-4-3-13(23(14)17(22,18)19)5-6-16(24)21-8-7-20/h3-4,9-10H,5-8,20H2,1-2H3,(H,21,24). The molecule has 3 N–H and O–H groups in total. The number of halogens is 2. The first-order chi connectivity index (χ1) is 11.4. The Morgan fingerprint density at radius 2 is 2.08 bits per heavy atom. The predicted molar refractivity (Wildman–Crippen MR) is 90.9 cm³/mol. The summed E-state index contributed by atoms with van der Waals surface area (Å²) in [7, 11) is 0. The lowest BCUT2D eigenvalue weighted by Crippen LogP contribution is -2.50. The summed E-state index contributed by atoms with van der Waals surface area (Å²) in [4.78, 5) is 11.7. The minimum Gasteiger partial charge on any atom is -0.394 e. The van der Waals surface area contributed by atoms with Crippen LogP contribution in [-0.4, -0.2) is 40.6 Å². The van der Waals surface area contributed by atoms with Crippen molar-refractivity contribution in [2.45, 2.75) is 26.7 Å². The molecule has 0 aliphatic carbocycles. The Morgan fingerprint density at radius 3 is 2.79 bits per heavy atom. The fourth-order valence-corrected chi connectivity index (χ4v) is 3.44. The zero-order valence-electron chi connectivity index (χ0n) is 13.9. The Kier molecular flexibility index (Phi) is 4.17. The average Bonchev–Trinajstić information content (AvgIpc) is 3.05. The van der Waals surface area contributed by atoms with Crippen LogP contribution in [0, 0.1) is 0 Å². The summed E-state index contributed by atoms with van der Waals surface area (Å²) in [6.07, 6.45) is 3.97. The molecule has 0 saturated carbocycles. The summed E-state index contributed by atoms with van der Waals surface area (Å²) in [5.41, 5.74) is 8.20. The number of nitrogens with two attached hydrogens (primary N) is 1. The molecule has 0 bridgehead atoms. The fraction of sp³-hybridized carbons (Fsp3) is 0.375. The van der Waals surface area contributed by atoms with Gasteiger partial charge in [-0.1, -0.05) is 0 Å². The van der Waals surface area contributed by atoms with Crippen LogP contribution < -0.4 is 11.1 Å². The number of rotatable bonds is 5. The van der Waals surface area contributed by atoms with Crippen LogP contribution in [0.5, 0.6) is 0 Å². The maximum atomic E-state index is 15.1. The number of carbonyl (C=O) groups excluding carboxylic acids is 1. The van der Waals surface area contributed by atoms with Crippen molar-refractivity contribution in [3.05, 3.63) is 40.9 Å². The van der Waals surface area contributed by atoms with Gasteiger partial charge in [-0.25, -0.2) is 0 Å². The minimum absolute atomic E-state index is 0.159. The Morgan fingerprint density at radius 1 is 1.33 bits per heavy atom. The summed E-state index contributed by atoms with van der Waals surface area (Å²) in [5, 5.41) is 2.66. The molecule has 0 unspecified atom stereocenters. The van der Waals surface area contributed by atoms with Gasteiger partial charge in [0.2, 0.25) is 5.91 Å². The number of nitrogens with one attached hydrogen (secondary N) is 1. The molecule has 0 radical (unpaired) electrons. The third kappa shape index (κ3) is 2.60. The van der Waals surface area contributed by atoms with Crippen molar-refractivity contribution in [1.29, 1.82) is 0 Å². The topological polar surface area (TPSA) is 63.1 Å². The summed E-state index contributed by atoms with van der Waals surface area (Å²) < 4.78 is 32.5. The van der Waals surface area contributed by atoms with Crippen molar-refractivity contribution in [3.63, 3.8) is 0 Å². The van der Waals surface area contributed by atoms with E-state index in [4.69, 9.17) is 5.73 Å². The normalized spacial score (nSPS) is 18.0. The molecular weight excluding hydrogens is 313 g/mol. The highest BCUT2D eigenvalue weighted by atomic mass is 19.2. The summed E-state index contributed by atoms with van der Waals surface area (Å²) in [6.45, 7) is 0.319. The summed E-state index contributed by atoms with van der Waals surface area (Å²) in [6, 6.07) is 3.36. The zero-order valence-corrected chi connectivity index (χ0v) is 13.9. The highest BCUT2D eigenvalue weighted by molar-refractivity contribution is 6.58. The van der Waals surface area contributed by atoms with E-state index in [1.54, 1.807) is 31.2 Å². The average molecular weight is 334 g/mol. The highest BCUT2D eigenvalue weighted by Crippen LogP contribution is 2.35. The van der Waals surface area contributed by atoms with E-state index in [0.717, 1.165) is 14.5 Å². The molecule has 5 nitrogen and oxygen atoms in total. The Balaban J connectivity index is 1.90. The van der Waals surface area contributed by atoms with Gasteiger partial charge in [0.25, 0.3) is 0 Å². The Bertz CT molecular complexity index is 792. The maximum Gasteiger partial charge on any atom is 0.737 e. The van der Waals surface area contributed by atoms with Crippen LogP contribution in [0.2, 0.25) is 0 Å². The van der Waals surface area contributed by atoms with Crippen molar-refractivity contribution >= 4 is 24.7 Å². The van der Waals surface area contributed by atoms with Gasteiger partial charge in [0.15, 0.2) is 5.70 Å². The molecule has 1 aromatic heterocycles. The lowest BCUT2D eigenvalue weighted by molar-refractivity contribution is -0.362.